The van der Waals surface area contributed by atoms with Crippen molar-refractivity contribution >= 4 is 22.6 Å². The lowest BCUT2D eigenvalue weighted by atomic mass is 10.1. The number of amides is 1. The number of nitrogens with zero attached hydrogens (tertiary/aromatic N) is 4. The normalized spacial score (nSPS) is 14.5. The fourth-order valence-electron chi connectivity index (χ4n) is 4.60. The molecule has 1 amide bonds. The lowest BCUT2D eigenvalue weighted by Gasteiger charge is -2.16. The molecule has 1 saturated heterocycles. The van der Waals surface area contributed by atoms with Crippen molar-refractivity contribution in [1.29, 1.82) is 0 Å². The first kappa shape index (κ1) is 22.1. The third kappa shape index (κ3) is 4.39. The van der Waals surface area contributed by atoms with E-state index in [1.165, 1.54) is 5.56 Å². The number of carbonyl (C=O) groups excluding carboxylic acids is 1. The summed E-state index contributed by atoms with van der Waals surface area (Å²) in [5.41, 5.74) is 4.46. The zero-order valence-corrected chi connectivity index (χ0v) is 19.3. The van der Waals surface area contributed by atoms with Crippen LogP contribution < -0.4 is 5.32 Å². The van der Waals surface area contributed by atoms with E-state index >= 15 is 0 Å². The summed E-state index contributed by atoms with van der Waals surface area (Å²) in [4.78, 5) is 24.0. The summed E-state index contributed by atoms with van der Waals surface area (Å²) in [5, 5.41) is 14.0. The Morgan fingerprint density at radius 1 is 1.09 bits per heavy atom. The largest absolute Gasteiger partial charge is 0.396 e. The van der Waals surface area contributed by atoms with E-state index in [0.29, 0.717) is 12.0 Å². The number of rotatable bonds is 7. The number of nitrogens with one attached hydrogen (secondary N) is 1. The minimum atomic E-state index is 0.00129. The average Bonchev–Trinajstić information content (AvgIpc) is 3.55. The van der Waals surface area contributed by atoms with E-state index < -0.39 is 0 Å². The van der Waals surface area contributed by atoms with Crippen molar-refractivity contribution in [1.82, 2.24) is 19.4 Å². The lowest BCUT2D eigenvalue weighted by molar-refractivity contribution is 0.0791. The first-order valence-corrected chi connectivity index (χ1v) is 11.8. The standard InChI is InChI=1S/C27H29N5O2/c1-19(20-7-3-2-4-8-20)30-26-23-15-22(9-10-25(23)28-18-29-26)32-16-21(11-14-33)24(17-32)27(34)31-12-5-6-13-31/h2-4,7-10,15-19,33H,5-6,11-14H2,1H3,(H,28,29,30). The molecule has 0 spiro atoms. The number of anilines is 1. The fraction of sp³-hybridized carbons (Fsp3) is 0.296. The molecule has 1 aliphatic heterocycles. The van der Waals surface area contributed by atoms with Gasteiger partial charge in [-0.1, -0.05) is 30.3 Å². The van der Waals surface area contributed by atoms with E-state index in [0.717, 1.165) is 53.9 Å². The predicted molar refractivity (Wildman–Crippen MR) is 133 cm³/mol. The maximum atomic E-state index is 13.1. The van der Waals surface area contributed by atoms with Crippen LogP contribution in [0.1, 0.15) is 47.3 Å². The smallest absolute Gasteiger partial charge is 0.255 e. The summed E-state index contributed by atoms with van der Waals surface area (Å²) in [6.45, 7) is 3.70. The van der Waals surface area contributed by atoms with Crippen LogP contribution in [-0.2, 0) is 6.42 Å². The van der Waals surface area contributed by atoms with Gasteiger partial charge in [-0.3, -0.25) is 4.79 Å². The van der Waals surface area contributed by atoms with E-state index in [1.807, 2.05) is 58.3 Å². The van der Waals surface area contributed by atoms with Gasteiger partial charge in [-0.05, 0) is 55.5 Å². The van der Waals surface area contributed by atoms with Gasteiger partial charge in [0.25, 0.3) is 5.91 Å². The Hall–Kier alpha value is -3.71. The molecule has 5 rings (SSSR count). The molecule has 0 aliphatic carbocycles. The van der Waals surface area contributed by atoms with E-state index in [-0.39, 0.29) is 18.6 Å². The summed E-state index contributed by atoms with van der Waals surface area (Å²) < 4.78 is 1.96. The topological polar surface area (TPSA) is 83.3 Å². The molecule has 0 bridgehead atoms. The van der Waals surface area contributed by atoms with Crippen LogP contribution in [0.5, 0.6) is 0 Å². The van der Waals surface area contributed by atoms with Crippen molar-refractivity contribution in [3.63, 3.8) is 0 Å². The second-order valence-electron chi connectivity index (χ2n) is 8.78. The number of fused-ring (bicyclic) bond motifs is 1. The molecule has 0 saturated carbocycles. The molecular weight excluding hydrogens is 426 g/mol. The summed E-state index contributed by atoms with van der Waals surface area (Å²) in [6, 6.07) is 16.3. The molecule has 7 nitrogen and oxygen atoms in total. The number of aliphatic hydroxyl groups excluding tert-OH is 1. The Labute approximate surface area is 199 Å². The van der Waals surface area contributed by atoms with Gasteiger partial charge in [-0.25, -0.2) is 9.97 Å². The van der Waals surface area contributed by atoms with Crippen LogP contribution in [0.4, 0.5) is 5.82 Å². The maximum Gasteiger partial charge on any atom is 0.255 e. The molecule has 1 unspecified atom stereocenters. The zero-order valence-electron chi connectivity index (χ0n) is 19.3. The monoisotopic (exact) mass is 455 g/mol. The number of aromatic nitrogens is 3. The number of hydrogen-bond acceptors (Lipinski definition) is 5. The SMILES string of the molecule is CC(Nc1ncnc2ccc(-n3cc(CCO)c(C(=O)N4CCCC4)c3)cc12)c1ccccc1. The summed E-state index contributed by atoms with van der Waals surface area (Å²) in [6.07, 6.45) is 7.94. The van der Waals surface area contributed by atoms with Crippen LogP contribution in [0.25, 0.3) is 16.6 Å². The first-order valence-electron chi connectivity index (χ1n) is 11.8. The van der Waals surface area contributed by atoms with Crippen molar-refractivity contribution < 1.29 is 9.90 Å². The Balaban J connectivity index is 1.50. The lowest BCUT2D eigenvalue weighted by Crippen LogP contribution is -2.28. The second kappa shape index (κ2) is 9.65. The van der Waals surface area contributed by atoms with Crippen molar-refractivity contribution in [2.75, 3.05) is 25.0 Å². The molecule has 3 heterocycles. The van der Waals surface area contributed by atoms with Gasteiger partial charge in [0.05, 0.1) is 11.1 Å². The van der Waals surface area contributed by atoms with E-state index in [1.54, 1.807) is 6.33 Å². The highest BCUT2D eigenvalue weighted by Gasteiger charge is 2.23. The number of aliphatic hydroxyl groups is 1. The number of benzene rings is 2. The van der Waals surface area contributed by atoms with Gasteiger partial charge < -0.3 is 19.9 Å². The number of hydrogen-bond donors (Lipinski definition) is 2. The van der Waals surface area contributed by atoms with Crippen LogP contribution in [0.15, 0.2) is 67.3 Å². The van der Waals surface area contributed by atoms with Gasteiger partial charge in [-0.2, -0.15) is 0 Å². The summed E-state index contributed by atoms with van der Waals surface area (Å²) >= 11 is 0. The van der Waals surface area contributed by atoms with Crippen LogP contribution in [0.3, 0.4) is 0 Å². The molecule has 1 aliphatic rings. The van der Waals surface area contributed by atoms with Gasteiger partial charge in [0.15, 0.2) is 0 Å². The van der Waals surface area contributed by atoms with E-state index in [2.05, 4.69) is 34.3 Å². The molecular formula is C27H29N5O2. The molecule has 1 fully saturated rings. The molecule has 2 N–H and O–H groups in total. The predicted octanol–water partition coefficient (Wildman–Crippen LogP) is 4.36. The second-order valence-corrected chi connectivity index (χ2v) is 8.78. The highest BCUT2D eigenvalue weighted by molar-refractivity contribution is 5.96. The van der Waals surface area contributed by atoms with Gasteiger partial charge in [-0.15, -0.1) is 0 Å². The number of carbonyl (C=O) groups is 1. The van der Waals surface area contributed by atoms with Crippen LogP contribution in [-0.4, -0.2) is 50.1 Å². The van der Waals surface area contributed by atoms with Crippen molar-refractivity contribution in [2.24, 2.45) is 0 Å². The molecule has 1 atom stereocenters. The zero-order chi connectivity index (χ0) is 23.5. The van der Waals surface area contributed by atoms with Crippen LogP contribution in [0.2, 0.25) is 0 Å². The molecule has 7 heteroatoms. The Morgan fingerprint density at radius 3 is 2.65 bits per heavy atom. The van der Waals surface area contributed by atoms with Gasteiger partial charge in [0, 0.05) is 49.2 Å². The molecule has 34 heavy (non-hydrogen) atoms. The van der Waals surface area contributed by atoms with Crippen molar-refractivity contribution in [3.8, 4) is 5.69 Å². The molecule has 174 valence electrons. The number of likely N-dealkylation sites (tertiary alicyclic amines) is 1. The Morgan fingerprint density at radius 2 is 1.88 bits per heavy atom. The summed E-state index contributed by atoms with van der Waals surface area (Å²) in [7, 11) is 0. The van der Waals surface area contributed by atoms with Gasteiger partial charge in [0.2, 0.25) is 0 Å². The van der Waals surface area contributed by atoms with Gasteiger partial charge in [0.1, 0.15) is 12.1 Å². The van der Waals surface area contributed by atoms with Crippen LogP contribution >= 0.6 is 0 Å². The third-order valence-corrected chi connectivity index (χ3v) is 6.48. The highest BCUT2D eigenvalue weighted by Crippen LogP contribution is 2.27. The third-order valence-electron chi connectivity index (χ3n) is 6.48. The van der Waals surface area contributed by atoms with Gasteiger partial charge >= 0.3 is 0 Å². The molecule has 2 aromatic heterocycles. The van der Waals surface area contributed by atoms with Crippen molar-refractivity contribution in [3.05, 3.63) is 83.9 Å². The first-order chi connectivity index (χ1) is 16.6. The van der Waals surface area contributed by atoms with E-state index in [4.69, 9.17) is 0 Å². The van der Waals surface area contributed by atoms with Crippen LogP contribution in [0, 0.1) is 0 Å². The average molecular weight is 456 g/mol. The molecule has 0 radical (unpaired) electrons. The summed E-state index contributed by atoms with van der Waals surface area (Å²) in [5.74, 6) is 0.808. The highest BCUT2D eigenvalue weighted by atomic mass is 16.3. The Kier molecular flexibility index (Phi) is 6.27. The van der Waals surface area contributed by atoms with Crippen molar-refractivity contribution in [2.45, 2.75) is 32.2 Å². The quantitative estimate of drug-likeness (QED) is 0.433. The van der Waals surface area contributed by atoms with E-state index in [9.17, 15) is 9.90 Å². The maximum absolute atomic E-state index is 13.1. The Bertz CT molecular complexity index is 1300. The molecule has 4 aromatic rings. The minimum Gasteiger partial charge on any atom is -0.396 e. The fourth-order valence-corrected chi connectivity index (χ4v) is 4.60. The molecule has 2 aromatic carbocycles. The minimum absolute atomic E-state index is 0.00129.